The van der Waals surface area contributed by atoms with Crippen LogP contribution < -0.4 is 0 Å². The smallest absolute Gasteiger partial charge is 0.326 e. The van der Waals surface area contributed by atoms with E-state index in [1.807, 2.05) is 30.3 Å². The van der Waals surface area contributed by atoms with Crippen LogP contribution in [0.15, 0.2) is 30.3 Å². The highest BCUT2D eigenvalue weighted by Crippen LogP contribution is 2.43. The van der Waals surface area contributed by atoms with Gasteiger partial charge in [-0.15, -0.1) is 0 Å². The molecule has 1 saturated heterocycles. The van der Waals surface area contributed by atoms with Gasteiger partial charge in [-0.05, 0) is 43.1 Å². The third-order valence-corrected chi connectivity index (χ3v) is 8.48. The van der Waals surface area contributed by atoms with Crippen molar-refractivity contribution in [2.45, 2.75) is 63.8 Å². The molecule has 1 saturated carbocycles. The predicted molar refractivity (Wildman–Crippen MR) is 117 cm³/mol. The summed E-state index contributed by atoms with van der Waals surface area (Å²) in [4.78, 5) is 36.2. The molecule has 2 fully saturated rings. The van der Waals surface area contributed by atoms with Crippen LogP contribution in [0.5, 0.6) is 0 Å². The van der Waals surface area contributed by atoms with Crippen LogP contribution in [0.25, 0.3) is 0 Å². The molecule has 2 N–H and O–H groups in total. The molecule has 166 valence electrons. The molecule has 2 aliphatic rings. The van der Waals surface area contributed by atoms with Gasteiger partial charge in [-0.25, -0.2) is 4.79 Å². The minimum Gasteiger partial charge on any atom is -0.480 e. The molecule has 1 aromatic rings. The van der Waals surface area contributed by atoms with E-state index in [2.05, 4.69) is 0 Å². The summed E-state index contributed by atoms with van der Waals surface area (Å²) in [5.74, 6) is -0.816. The number of hydrogen-bond donors (Lipinski definition) is 2. The second-order valence-electron chi connectivity index (χ2n) is 8.96. The van der Waals surface area contributed by atoms with Crippen LogP contribution in [0.4, 0.5) is 0 Å². The number of nitrogens with zero attached hydrogens (tertiary/aromatic N) is 1. The molecule has 30 heavy (non-hydrogen) atoms. The third kappa shape index (κ3) is 6.42. The Bertz CT molecular complexity index is 762. The fraction of sp³-hybridized carbons (Fsp3) is 0.652. The van der Waals surface area contributed by atoms with Gasteiger partial charge in [0.15, 0.2) is 0 Å². The van der Waals surface area contributed by atoms with E-state index in [0.29, 0.717) is 25.3 Å². The number of rotatable bonds is 9. The second-order valence-corrected chi connectivity index (χ2v) is 11.4. The number of unbranched alkanes of at least 4 members (excludes halogenated alkanes) is 1. The summed E-state index contributed by atoms with van der Waals surface area (Å²) in [5.41, 5.74) is 1.19. The van der Waals surface area contributed by atoms with Crippen LogP contribution in [0.3, 0.4) is 0 Å². The number of amides is 1. The summed E-state index contributed by atoms with van der Waals surface area (Å²) in [7, 11) is -3.62. The molecule has 1 aliphatic heterocycles. The average molecular weight is 436 g/mol. The number of benzene rings is 1. The number of carbonyl (C=O) groups excluding carboxylic acids is 1. The van der Waals surface area contributed by atoms with Gasteiger partial charge in [0.1, 0.15) is 12.2 Å². The zero-order valence-electron chi connectivity index (χ0n) is 17.6. The van der Waals surface area contributed by atoms with Gasteiger partial charge in [0, 0.05) is 12.7 Å². The molecule has 1 heterocycles. The molecule has 3 rings (SSSR count). The number of aryl methyl sites for hydroxylation is 1. The highest BCUT2D eigenvalue weighted by atomic mass is 31.2. The second kappa shape index (κ2) is 10.6. The largest absolute Gasteiger partial charge is 0.480 e. The number of likely N-dealkylation sites (tertiary alicyclic amines) is 1. The first-order chi connectivity index (χ1) is 14.4. The quantitative estimate of drug-likeness (QED) is 0.449. The highest BCUT2D eigenvalue weighted by Gasteiger charge is 2.43. The Kier molecular flexibility index (Phi) is 8.13. The molecule has 1 aliphatic carbocycles. The van der Waals surface area contributed by atoms with Crippen molar-refractivity contribution in [2.75, 3.05) is 18.9 Å². The molecular weight excluding hydrogens is 401 g/mol. The highest BCUT2D eigenvalue weighted by molar-refractivity contribution is 7.58. The monoisotopic (exact) mass is 435 g/mol. The van der Waals surface area contributed by atoms with Crippen molar-refractivity contribution in [2.24, 2.45) is 11.8 Å². The number of carboxylic acid groups (broad SMARTS) is 1. The summed E-state index contributed by atoms with van der Waals surface area (Å²) >= 11 is 0. The molecule has 3 atom stereocenters. The topological polar surface area (TPSA) is 94.9 Å². The van der Waals surface area contributed by atoms with Crippen LogP contribution >= 0.6 is 7.37 Å². The van der Waals surface area contributed by atoms with Gasteiger partial charge in [0.05, 0.1) is 0 Å². The Morgan fingerprint density at radius 3 is 2.40 bits per heavy atom. The van der Waals surface area contributed by atoms with Gasteiger partial charge < -0.3 is 14.9 Å². The SMILES string of the molecule is O=C(O)[C@@H]1C[C@H](C2CCCCC2)CN1C(=O)CP(=O)(O)CCCCc1ccccc1. The van der Waals surface area contributed by atoms with E-state index < -0.39 is 31.4 Å². The normalized spacial score (nSPS) is 24.5. The minimum atomic E-state index is -3.62. The van der Waals surface area contributed by atoms with Gasteiger partial charge in [0.25, 0.3) is 0 Å². The summed E-state index contributed by atoms with van der Waals surface area (Å²) < 4.78 is 12.6. The van der Waals surface area contributed by atoms with Gasteiger partial charge in [-0.2, -0.15) is 0 Å². The van der Waals surface area contributed by atoms with Crippen LogP contribution in [0.2, 0.25) is 0 Å². The third-order valence-electron chi connectivity index (χ3n) is 6.70. The first-order valence-electron chi connectivity index (χ1n) is 11.2. The van der Waals surface area contributed by atoms with Crippen molar-refractivity contribution in [3.8, 4) is 0 Å². The molecule has 6 nitrogen and oxygen atoms in total. The van der Waals surface area contributed by atoms with Crippen molar-refractivity contribution < 1.29 is 24.2 Å². The number of hydrogen-bond acceptors (Lipinski definition) is 3. The molecule has 0 spiro atoms. The Morgan fingerprint density at radius 1 is 1.03 bits per heavy atom. The molecule has 7 heteroatoms. The first kappa shape index (κ1) is 23.0. The number of carboxylic acids is 1. The van der Waals surface area contributed by atoms with E-state index in [4.69, 9.17) is 0 Å². The van der Waals surface area contributed by atoms with Crippen molar-refractivity contribution in [1.29, 1.82) is 0 Å². The molecular formula is C23H34NO5P. The van der Waals surface area contributed by atoms with Crippen LogP contribution in [0, 0.1) is 11.8 Å². The molecule has 0 aromatic heterocycles. The Labute approximate surface area is 179 Å². The van der Waals surface area contributed by atoms with Crippen LogP contribution in [-0.2, 0) is 20.6 Å². The summed E-state index contributed by atoms with van der Waals surface area (Å²) in [6, 6.07) is 9.11. The van der Waals surface area contributed by atoms with Gasteiger partial charge in [0.2, 0.25) is 13.3 Å². The van der Waals surface area contributed by atoms with Crippen molar-refractivity contribution >= 4 is 19.2 Å². The summed E-state index contributed by atoms with van der Waals surface area (Å²) in [6.07, 6.45) is 8.08. The fourth-order valence-corrected chi connectivity index (χ4v) is 6.52. The van der Waals surface area contributed by atoms with Crippen LogP contribution in [0.1, 0.15) is 56.9 Å². The van der Waals surface area contributed by atoms with E-state index >= 15 is 0 Å². The zero-order valence-corrected chi connectivity index (χ0v) is 18.5. The van der Waals surface area contributed by atoms with Crippen LogP contribution in [-0.4, -0.2) is 51.7 Å². The van der Waals surface area contributed by atoms with E-state index in [0.717, 1.165) is 25.7 Å². The van der Waals surface area contributed by atoms with Gasteiger partial charge in [-0.1, -0.05) is 62.4 Å². The minimum absolute atomic E-state index is 0.100. The standard InChI is InChI=1S/C23H34NO5P/c25-22(17-30(28,29)14-8-7-11-18-9-3-1-4-10-18)24-16-20(15-21(24)23(26)27)19-12-5-2-6-13-19/h1,3-4,9-10,19-21H,2,5-8,11-17H2,(H,26,27)(H,28,29)/t20-,21-/m0/s1. The van der Waals surface area contributed by atoms with E-state index in [9.17, 15) is 24.2 Å². The maximum absolute atomic E-state index is 12.8. The van der Waals surface area contributed by atoms with Crippen molar-refractivity contribution in [3.63, 3.8) is 0 Å². The fourth-order valence-electron chi connectivity index (χ4n) is 5.04. The number of carbonyl (C=O) groups is 2. The molecule has 0 radical (unpaired) electrons. The lowest BCUT2D eigenvalue weighted by Crippen LogP contribution is -2.42. The van der Waals surface area contributed by atoms with E-state index in [1.165, 1.54) is 29.7 Å². The van der Waals surface area contributed by atoms with Gasteiger partial charge >= 0.3 is 5.97 Å². The lowest BCUT2D eigenvalue weighted by atomic mass is 9.79. The zero-order chi connectivity index (χ0) is 21.6. The lowest BCUT2D eigenvalue weighted by Gasteiger charge is -2.27. The number of aliphatic carboxylic acids is 1. The average Bonchev–Trinajstić information content (AvgIpc) is 3.19. The van der Waals surface area contributed by atoms with E-state index in [-0.39, 0.29) is 12.1 Å². The van der Waals surface area contributed by atoms with Crippen molar-refractivity contribution in [1.82, 2.24) is 4.90 Å². The van der Waals surface area contributed by atoms with Crippen molar-refractivity contribution in [3.05, 3.63) is 35.9 Å². The maximum Gasteiger partial charge on any atom is 0.326 e. The molecule has 1 amide bonds. The predicted octanol–water partition coefficient (Wildman–Crippen LogP) is 4.16. The Balaban J connectivity index is 1.50. The lowest BCUT2D eigenvalue weighted by molar-refractivity contribution is -0.147. The molecule has 0 bridgehead atoms. The first-order valence-corrected chi connectivity index (χ1v) is 13.3. The summed E-state index contributed by atoms with van der Waals surface area (Å²) in [5, 5.41) is 9.60. The van der Waals surface area contributed by atoms with E-state index in [1.54, 1.807) is 0 Å². The Hall–Kier alpha value is -1.65. The van der Waals surface area contributed by atoms with Gasteiger partial charge in [-0.3, -0.25) is 9.36 Å². The summed E-state index contributed by atoms with van der Waals surface area (Å²) in [6.45, 7) is 0.411. The molecule has 1 unspecified atom stereocenters. The Morgan fingerprint density at radius 2 is 1.73 bits per heavy atom. The maximum atomic E-state index is 12.8. The molecule has 1 aromatic carbocycles.